The summed E-state index contributed by atoms with van der Waals surface area (Å²) in [5.74, 6) is 0. The van der Waals surface area contributed by atoms with E-state index in [1.807, 2.05) is 0 Å². The highest BCUT2D eigenvalue weighted by Gasteiger charge is 2.08. The summed E-state index contributed by atoms with van der Waals surface area (Å²) in [5, 5.41) is 3.04. The second-order valence-corrected chi connectivity index (χ2v) is 6.20. The van der Waals surface area contributed by atoms with Gasteiger partial charge in [0, 0.05) is 16.4 Å². The SMILES string of the molecule is O=S(=O)(Cl)c1ccc(NPP)cc1. The topological polar surface area (TPSA) is 46.2 Å². The summed E-state index contributed by atoms with van der Waals surface area (Å²) < 4.78 is 21.7. The maximum atomic E-state index is 10.8. The molecule has 2 atom stereocenters. The third kappa shape index (κ3) is 3.40. The lowest BCUT2D eigenvalue weighted by molar-refractivity contribution is 0.609. The van der Waals surface area contributed by atoms with Gasteiger partial charge in [-0.2, -0.15) is 0 Å². The molecule has 72 valence electrons. The van der Waals surface area contributed by atoms with Gasteiger partial charge < -0.3 is 5.09 Å². The molecule has 0 aliphatic rings. The van der Waals surface area contributed by atoms with E-state index in [1.54, 1.807) is 12.1 Å². The average molecular weight is 256 g/mol. The van der Waals surface area contributed by atoms with Crippen LogP contribution >= 0.6 is 28.0 Å². The lowest BCUT2D eigenvalue weighted by Crippen LogP contribution is -1.90. The zero-order valence-electron chi connectivity index (χ0n) is 6.49. The van der Waals surface area contributed by atoms with Gasteiger partial charge in [-0.1, -0.05) is 8.93 Å². The minimum Gasteiger partial charge on any atom is -0.363 e. The number of benzene rings is 1. The third-order valence-corrected chi connectivity index (χ3v) is 3.59. The fourth-order valence-electron chi connectivity index (χ4n) is 0.784. The van der Waals surface area contributed by atoms with Crippen molar-refractivity contribution in [1.82, 2.24) is 0 Å². The number of nitrogens with one attached hydrogen (secondary N) is 1. The Bertz CT molecular complexity index is 378. The molecule has 7 heteroatoms. The molecule has 0 bridgehead atoms. The maximum Gasteiger partial charge on any atom is 0.261 e. The van der Waals surface area contributed by atoms with Crippen LogP contribution in [0.5, 0.6) is 0 Å². The summed E-state index contributed by atoms with van der Waals surface area (Å²) in [6, 6.07) is 6.28. The summed E-state index contributed by atoms with van der Waals surface area (Å²) >= 11 is 0. The first kappa shape index (κ1) is 11.2. The first-order valence-electron chi connectivity index (χ1n) is 3.30. The van der Waals surface area contributed by atoms with E-state index in [1.165, 1.54) is 12.1 Å². The standard InChI is InChI=1S/C6H8ClNO2P2S/c7-13(9,10)6-3-1-5(2-4-6)8-12-11/h1-4,8,12H,11H2. The molecular weight excluding hydrogens is 248 g/mol. The number of anilines is 1. The zero-order valence-corrected chi connectivity index (χ0v) is 10.2. The highest BCUT2D eigenvalue weighted by molar-refractivity contribution is 8.13. The lowest BCUT2D eigenvalue weighted by atomic mass is 10.3. The smallest absolute Gasteiger partial charge is 0.261 e. The van der Waals surface area contributed by atoms with Crippen molar-refractivity contribution < 1.29 is 8.42 Å². The molecule has 0 aliphatic heterocycles. The van der Waals surface area contributed by atoms with Crippen LogP contribution < -0.4 is 5.09 Å². The van der Waals surface area contributed by atoms with Crippen molar-refractivity contribution in [3.63, 3.8) is 0 Å². The quantitative estimate of drug-likeness (QED) is 0.666. The molecule has 13 heavy (non-hydrogen) atoms. The molecule has 3 nitrogen and oxygen atoms in total. The summed E-state index contributed by atoms with van der Waals surface area (Å²) in [6.45, 7) is 0. The van der Waals surface area contributed by atoms with E-state index in [2.05, 4.69) is 14.0 Å². The van der Waals surface area contributed by atoms with Crippen LogP contribution in [0.2, 0.25) is 0 Å². The van der Waals surface area contributed by atoms with Gasteiger partial charge >= 0.3 is 0 Å². The second-order valence-electron chi connectivity index (χ2n) is 2.23. The van der Waals surface area contributed by atoms with E-state index in [0.29, 0.717) is 8.42 Å². The number of halogens is 1. The lowest BCUT2D eigenvalue weighted by Gasteiger charge is -2.02. The van der Waals surface area contributed by atoms with Crippen LogP contribution in [-0.4, -0.2) is 8.42 Å². The molecule has 0 amide bonds. The fourth-order valence-corrected chi connectivity index (χ4v) is 2.39. The average Bonchev–Trinajstić information content (AvgIpc) is 2.04. The van der Waals surface area contributed by atoms with Crippen LogP contribution in [0.3, 0.4) is 0 Å². The summed E-state index contributed by atoms with van der Waals surface area (Å²) in [6.07, 6.45) is 0. The fraction of sp³-hybridized carbons (Fsp3) is 0. The highest BCUT2D eigenvalue weighted by atomic mass is 35.7. The molecule has 0 saturated heterocycles. The molecule has 0 heterocycles. The molecule has 0 fully saturated rings. The van der Waals surface area contributed by atoms with E-state index < -0.39 is 9.05 Å². The highest BCUT2D eigenvalue weighted by Crippen LogP contribution is 2.24. The van der Waals surface area contributed by atoms with Gasteiger partial charge in [0.2, 0.25) is 0 Å². The van der Waals surface area contributed by atoms with Crippen molar-refractivity contribution in [2.24, 2.45) is 0 Å². The van der Waals surface area contributed by atoms with Crippen LogP contribution in [0.4, 0.5) is 5.69 Å². The second kappa shape index (κ2) is 4.56. The Labute approximate surface area is 85.6 Å². The Morgan fingerprint density at radius 1 is 1.31 bits per heavy atom. The monoisotopic (exact) mass is 255 g/mol. The molecule has 0 radical (unpaired) electrons. The van der Waals surface area contributed by atoms with Gasteiger partial charge in [0.15, 0.2) is 0 Å². The van der Waals surface area contributed by atoms with Crippen molar-refractivity contribution in [3.05, 3.63) is 24.3 Å². The van der Waals surface area contributed by atoms with Crippen LogP contribution in [0, 0.1) is 0 Å². The van der Waals surface area contributed by atoms with Crippen molar-refractivity contribution in [2.75, 3.05) is 5.09 Å². The Morgan fingerprint density at radius 2 is 1.85 bits per heavy atom. The van der Waals surface area contributed by atoms with Crippen LogP contribution in [0.25, 0.3) is 0 Å². The number of hydrogen-bond donors (Lipinski definition) is 1. The van der Waals surface area contributed by atoms with E-state index in [9.17, 15) is 8.42 Å². The van der Waals surface area contributed by atoms with E-state index in [-0.39, 0.29) is 4.90 Å². The molecule has 0 aliphatic carbocycles. The molecule has 1 N–H and O–H groups in total. The Balaban J connectivity index is 2.94. The molecule has 0 spiro atoms. The predicted octanol–water partition coefficient (Wildman–Crippen LogP) is 2.41. The number of hydrogen-bond acceptors (Lipinski definition) is 3. The third-order valence-electron chi connectivity index (χ3n) is 1.35. The van der Waals surface area contributed by atoms with Crippen molar-refractivity contribution in [2.45, 2.75) is 4.90 Å². The van der Waals surface area contributed by atoms with Gasteiger partial charge in [-0.15, -0.1) is 0 Å². The molecular formula is C6H8ClNO2P2S. The largest absolute Gasteiger partial charge is 0.363 e. The Hall–Kier alpha value is 0.120. The minimum absolute atomic E-state index is 0.117. The van der Waals surface area contributed by atoms with Gasteiger partial charge in [0.25, 0.3) is 9.05 Å². The number of rotatable bonds is 3. The van der Waals surface area contributed by atoms with Gasteiger partial charge in [-0.05, 0) is 32.7 Å². The van der Waals surface area contributed by atoms with Gasteiger partial charge in [0.05, 0.1) is 4.90 Å². The maximum absolute atomic E-state index is 10.8. The first-order chi connectivity index (χ1) is 6.04. The molecule has 1 aromatic rings. The van der Waals surface area contributed by atoms with E-state index >= 15 is 0 Å². The van der Waals surface area contributed by atoms with Gasteiger partial charge in [-0.25, -0.2) is 8.42 Å². The van der Waals surface area contributed by atoms with Gasteiger partial charge in [-0.3, -0.25) is 0 Å². The van der Waals surface area contributed by atoms with Crippen molar-refractivity contribution in [1.29, 1.82) is 0 Å². The Morgan fingerprint density at radius 3 is 2.23 bits per heavy atom. The van der Waals surface area contributed by atoms with Gasteiger partial charge in [0.1, 0.15) is 0 Å². The Kier molecular flexibility index (Phi) is 3.93. The molecule has 0 aromatic heterocycles. The molecule has 1 aromatic carbocycles. The zero-order chi connectivity index (χ0) is 9.90. The first-order valence-corrected chi connectivity index (χ1v) is 8.42. The predicted molar refractivity (Wildman–Crippen MR) is 61.1 cm³/mol. The summed E-state index contributed by atoms with van der Waals surface area (Å²) in [5.41, 5.74) is 0.873. The van der Waals surface area contributed by atoms with Crippen molar-refractivity contribution >= 4 is 42.8 Å². The van der Waals surface area contributed by atoms with Crippen molar-refractivity contribution in [3.8, 4) is 0 Å². The van der Waals surface area contributed by atoms with E-state index in [0.717, 1.165) is 5.69 Å². The van der Waals surface area contributed by atoms with E-state index in [4.69, 9.17) is 10.7 Å². The molecule has 2 unspecified atom stereocenters. The summed E-state index contributed by atoms with van der Waals surface area (Å²) in [7, 11) is 4.58. The van der Waals surface area contributed by atoms with Crippen LogP contribution in [-0.2, 0) is 9.05 Å². The summed E-state index contributed by atoms with van der Waals surface area (Å²) in [4.78, 5) is 0.117. The normalized spacial score (nSPS) is 12.2. The van der Waals surface area contributed by atoms with Crippen LogP contribution in [0.1, 0.15) is 0 Å². The molecule has 1 rings (SSSR count). The van der Waals surface area contributed by atoms with Crippen LogP contribution in [0.15, 0.2) is 29.2 Å². The minimum atomic E-state index is -3.59. The molecule has 0 saturated carbocycles.